The lowest BCUT2D eigenvalue weighted by Gasteiger charge is -2.40. The maximum absolute atomic E-state index is 14.4. The van der Waals surface area contributed by atoms with E-state index in [0.29, 0.717) is 11.6 Å². The molecule has 0 N–H and O–H groups in total. The molecule has 0 amide bonds. The minimum atomic E-state index is -10.4. The van der Waals surface area contributed by atoms with E-state index in [2.05, 4.69) is 4.74 Å². The van der Waals surface area contributed by atoms with Gasteiger partial charge in [-0.3, -0.25) is 0 Å². The Bertz CT molecular complexity index is 1140. The van der Waals surface area contributed by atoms with Gasteiger partial charge in [0.05, 0.1) is 5.56 Å². The van der Waals surface area contributed by atoms with Crippen molar-refractivity contribution < 1.29 is 41.7 Å². The van der Waals surface area contributed by atoms with Crippen molar-refractivity contribution in [3.05, 3.63) is 83.4 Å². The second kappa shape index (κ2) is 6.59. The largest absolute Gasteiger partial charge is 0.429 e. The second-order valence-electron chi connectivity index (χ2n) is 6.74. The minimum absolute atomic E-state index is 0.1000. The van der Waals surface area contributed by atoms with Gasteiger partial charge in [-0.1, -0.05) is 55.3 Å². The molecule has 0 aliphatic carbocycles. The van der Waals surface area contributed by atoms with Gasteiger partial charge in [0.2, 0.25) is 0 Å². The van der Waals surface area contributed by atoms with Crippen LogP contribution in [-0.2, 0) is 6.11 Å². The van der Waals surface area contributed by atoms with Crippen molar-refractivity contribution in [3.63, 3.8) is 0 Å². The molecule has 0 heterocycles. The molecule has 1 nitrogen and oxygen atoms in total. The summed E-state index contributed by atoms with van der Waals surface area (Å²) < 4.78 is 124. The molecule has 0 radical (unpaired) electrons. The molecule has 0 aliphatic rings. The maximum Gasteiger partial charge on any atom is 0.429 e. The Hall–Kier alpha value is -2.82. The smallest absolute Gasteiger partial charge is 0.429 e. The number of rotatable bonds is 5. The first-order valence-electron chi connectivity index (χ1n) is 8.44. The van der Waals surface area contributed by atoms with Gasteiger partial charge >= 0.3 is 16.3 Å². The molecule has 11 heteroatoms. The predicted octanol–water partition coefficient (Wildman–Crippen LogP) is 8.73. The monoisotopic (exact) mass is 472 g/mol. The number of aryl methyl sites for hydroxylation is 1. The molecule has 0 fully saturated rings. The lowest BCUT2D eigenvalue weighted by atomic mass is 10.0. The molecular weight excluding hydrogens is 459 g/mol. The highest BCUT2D eigenvalue weighted by atomic mass is 32.5. The molecule has 3 aromatic carbocycles. The summed E-state index contributed by atoms with van der Waals surface area (Å²) in [6, 6.07) is 8.83. The van der Waals surface area contributed by atoms with E-state index < -0.39 is 50.2 Å². The first-order chi connectivity index (χ1) is 14.0. The zero-order valence-corrected chi connectivity index (χ0v) is 16.3. The number of hydrogen-bond acceptors (Lipinski definition) is 1. The van der Waals surface area contributed by atoms with Crippen LogP contribution in [0.3, 0.4) is 0 Å². The summed E-state index contributed by atoms with van der Waals surface area (Å²) in [6.45, 7) is 1.82. The van der Waals surface area contributed by atoms with Crippen LogP contribution in [0, 0.1) is 18.6 Å². The van der Waals surface area contributed by atoms with E-state index in [-0.39, 0.29) is 17.7 Å². The van der Waals surface area contributed by atoms with Gasteiger partial charge < -0.3 is 4.74 Å². The number of alkyl halides is 2. The molecule has 3 aromatic rings. The minimum Gasteiger partial charge on any atom is -0.429 e. The van der Waals surface area contributed by atoms with Gasteiger partial charge in [-0.2, -0.15) is 8.78 Å². The summed E-state index contributed by atoms with van der Waals surface area (Å²) in [6.07, 6.45) is -4.43. The summed E-state index contributed by atoms with van der Waals surface area (Å²) >= 11 is 0. The van der Waals surface area contributed by atoms with Crippen LogP contribution in [0.15, 0.2) is 65.6 Å². The molecule has 0 atom stereocenters. The molecule has 0 aliphatic heterocycles. The summed E-state index contributed by atoms with van der Waals surface area (Å²) in [5, 5.41) is 0. The highest BCUT2D eigenvalue weighted by Crippen LogP contribution is 3.02. The third-order valence-corrected chi connectivity index (χ3v) is 5.39. The van der Waals surface area contributed by atoms with E-state index in [4.69, 9.17) is 0 Å². The second-order valence-corrected chi connectivity index (χ2v) is 9.12. The summed E-state index contributed by atoms with van der Waals surface area (Å²) in [5.41, 5.74) is 0.446. The van der Waals surface area contributed by atoms with E-state index in [9.17, 15) is 37.0 Å². The Balaban J connectivity index is 1.90. The molecule has 0 spiro atoms. The number of halogens is 9. The molecular formula is C20H13F9OS. The van der Waals surface area contributed by atoms with Gasteiger partial charge in [0, 0.05) is 6.07 Å². The van der Waals surface area contributed by atoms with Gasteiger partial charge in [-0.05, 0) is 42.3 Å². The average Bonchev–Trinajstić information content (AvgIpc) is 2.59. The molecule has 0 bridgehead atoms. The zero-order valence-electron chi connectivity index (χ0n) is 15.5. The van der Waals surface area contributed by atoms with Crippen LogP contribution >= 0.6 is 10.2 Å². The number of ether oxygens (including phenoxy) is 1. The van der Waals surface area contributed by atoms with Gasteiger partial charge in [0.1, 0.15) is 22.3 Å². The molecule has 31 heavy (non-hydrogen) atoms. The van der Waals surface area contributed by atoms with Crippen LogP contribution in [0.4, 0.5) is 37.0 Å². The molecule has 0 saturated carbocycles. The average molecular weight is 472 g/mol. The molecule has 3 rings (SSSR count). The van der Waals surface area contributed by atoms with Crippen LogP contribution in [-0.4, -0.2) is 0 Å². The van der Waals surface area contributed by atoms with E-state index >= 15 is 0 Å². The topological polar surface area (TPSA) is 9.23 Å². The third-order valence-electron chi connectivity index (χ3n) is 4.23. The Morgan fingerprint density at radius 2 is 1.29 bits per heavy atom. The van der Waals surface area contributed by atoms with Crippen molar-refractivity contribution in [1.29, 1.82) is 0 Å². The van der Waals surface area contributed by atoms with Crippen molar-refractivity contribution in [1.82, 2.24) is 0 Å². The predicted molar refractivity (Wildman–Crippen MR) is 98.9 cm³/mol. The number of hydrogen-bond donors (Lipinski definition) is 0. The van der Waals surface area contributed by atoms with Crippen molar-refractivity contribution in [2.75, 3.05) is 0 Å². The van der Waals surface area contributed by atoms with Crippen LogP contribution in [0.2, 0.25) is 0 Å². The summed E-state index contributed by atoms with van der Waals surface area (Å²) in [7, 11) is -10.4. The van der Waals surface area contributed by atoms with Gasteiger partial charge in [-0.25, -0.2) is 8.78 Å². The van der Waals surface area contributed by atoms with Crippen molar-refractivity contribution >= 4 is 10.2 Å². The van der Waals surface area contributed by atoms with Crippen LogP contribution in [0.25, 0.3) is 11.1 Å². The highest BCUT2D eigenvalue weighted by molar-refractivity contribution is 8.45. The molecule has 168 valence electrons. The Morgan fingerprint density at radius 1 is 0.710 bits per heavy atom. The van der Waals surface area contributed by atoms with Gasteiger partial charge in [0.15, 0.2) is 0 Å². The first-order valence-corrected chi connectivity index (χ1v) is 10.4. The SMILES string of the molecule is Cc1ccc(-c2ccc(C(F)(F)Oc3ccc(S(F)(F)(F)(F)F)c(F)c3)c(F)c2)cc1. The maximum atomic E-state index is 14.4. The molecule has 0 unspecified atom stereocenters. The van der Waals surface area contributed by atoms with Gasteiger partial charge in [-0.15, -0.1) is 0 Å². The van der Waals surface area contributed by atoms with Crippen molar-refractivity contribution in [2.45, 2.75) is 17.9 Å². The fourth-order valence-corrected chi connectivity index (χ4v) is 3.49. The standard InChI is InChI=1S/C20H13F9OS/c1-12-2-4-13(5-3-12)14-6-8-16(17(21)10-14)20(23,24)30-15-7-9-19(18(22)11-15)31(25,26,27,28)29/h2-11H,1H3. The molecule has 0 aromatic heterocycles. The Morgan fingerprint density at radius 3 is 1.81 bits per heavy atom. The van der Waals surface area contributed by atoms with E-state index in [1.165, 1.54) is 0 Å². The quantitative estimate of drug-likeness (QED) is 0.338. The Kier molecular flexibility index (Phi) is 4.86. The third kappa shape index (κ3) is 5.09. The molecule has 0 saturated heterocycles. The summed E-state index contributed by atoms with van der Waals surface area (Å²) in [4.78, 5) is -2.87. The van der Waals surface area contributed by atoms with Crippen LogP contribution in [0.5, 0.6) is 5.75 Å². The van der Waals surface area contributed by atoms with Crippen molar-refractivity contribution in [3.8, 4) is 16.9 Å². The fraction of sp³-hybridized carbons (Fsp3) is 0.100. The van der Waals surface area contributed by atoms with Crippen LogP contribution < -0.4 is 4.74 Å². The zero-order chi connectivity index (χ0) is 23.3. The van der Waals surface area contributed by atoms with E-state index in [1.54, 1.807) is 24.3 Å². The lowest BCUT2D eigenvalue weighted by molar-refractivity contribution is -0.187. The fourth-order valence-electron chi connectivity index (χ4n) is 2.74. The number of benzene rings is 3. The lowest BCUT2D eigenvalue weighted by Crippen LogP contribution is -2.23. The van der Waals surface area contributed by atoms with Crippen molar-refractivity contribution in [2.24, 2.45) is 0 Å². The normalized spacial score (nSPS) is 14.6. The van der Waals surface area contributed by atoms with E-state index in [0.717, 1.165) is 17.7 Å². The summed E-state index contributed by atoms with van der Waals surface area (Å²) in [5.74, 6) is -5.09. The van der Waals surface area contributed by atoms with Gasteiger partial charge in [0.25, 0.3) is 0 Å². The first kappa shape index (κ1) is 22.9. The highest BCUT2D eigenvalue weighted by Gasteiger charge is 2.67. The van der Waals surface area contributed by atoms with Crippen LogP contribution in [0.1, 0.15) is 11.1 Å². The Labute approximate surface area is 170 Å². The van der Waals surface area contributed by atoms with E-state index in [1.807, 2.05) is 6.92 Å².